The molecule has 2 heterocycles. The average Bonchev–Trinajstić information content (AvgIpc) is 2.65. The van der Waals surface area contributed by atoms with Gasteiger partial charge < -0.3 is 10.2 Å². The van der Waals surface area contributed by atoms with Crippen LogP contribution < -0.4 is 10.2 Å². The van der Waals surface area contributed by atoms with E-state index in [0.29, 0.717) is 6.04 Å². The molecule has 0 unspecified atom stereocenters. The molecule has 1 fully saturated rings. The minimum atomic E-state index is -0.165. The lowest BCUT2D eigenvalue weighted by Gasteiger charge is -2.33. The first-order valence-electron chi connectivity index (χ1n) is 4.72. The van der Waals surface area contributed by atoms with Crippen LogP contribution in [0.2, 0.25) is 0 Å². The van der Waals surface area contributed by atoms with E-state index in [0.717, 1.165) is 23.8 Å². The van der Waals surface area contributed by atoms with Crippen LogP contribution in [0.15, 0.2) is 18.2 Å². The Balaban J connectivity index is 2.05. The molecule has 1 saturated heterocycles. The summed E-state index contributed by atoms with van der Waals surface area (Å²) in [5, 5.41) is 3.28. The van der Waals surface area contributed by atoms with Gasteiger partial charge in [0.2, 0.25) is 0 Å². The molecular weight excluding hydrogens is 199 g/mol. The summed E-state index contributed by atoms with van der Waals surface area (Å²) < 4.78 is 13.0. The van der Waals surface area contributed by atoms with Gasteiger partial charge >= 0.3 is 0 Å². The Hall–Kier alpha value is -0.900. The van der Waals surface area contributed by atoms with Crippen molar-refractivity contribution in [2.24, 2.45) is 0 Å². The molecule has 2 aliphatic heterocycles. The lowest BCUT2D eigenvalue weighted by atomic mass is 10.1. The van der Waals surface area contributed by atoms with E-state index in [9.17, 15) is 4.39 Å². The van der Waals surface area contributed by atoms with Crippen LogP contribution in [0.25, 0.3) is 0 Å². The molecule has 0 spiro atoms. The van der Waals surface area contributed by atoms with Crippen LogP contribution in [0, 0.1) is 5.82 Å². The molecular formula is C10H11FN2S. The summed E-state index contributed by atoms with van der Waals surface area (Å²) in [6, 6.07) is 5.56. The van der Waals surface area contributed by atoms with E-state index >= 15 is 0 Å². The fourth-order valence-electron chi connectivity index (χ4n) is 2.05. The number of nitrogens with zero attached hydrogens (tertiary/aromatic N) is 1. The van der Waals surface area contributed by atoms with Gasteiger partial charge in [0.1, 0.15) is 5.82 Å². The van der Waals surface area contributed by atoms with E-state index in [1.54, 1.807) is 6.07 Å². The molecule has 1 N–H and O–H groups in total. The molecule has 74 valence electrons. The van der Waals surface area contributed by atoms with Crippen LogP contribution in [0.3, 0.4) is 0 Å². The molecule has 0 saturated carbocycles. The van der Waals surface area contributed by atoms with Crippen molar-refractivity contribution in [2.45, 2.75) is 6.04 Å². The minimum Gasteiger partial charge on any atom is -0.381 e. The standard InChI is InChI=1S/C10H11FN2S/c11-7-1-2-10-9(3-7)12-4-8-5-14-6-13(8)10/h1-3,8,12H,4-6H2/t8-/m0/s1. The normalized spacial score (nSPS) is 24.1. The van der Waals surface area contributed by atoms with E-state index in [2.05, 4.69) is 10.2 Å². The van der Waals surface area contributed by atoms with E-state index in [1.807, 2.05) is 17.8 Å². The zero-order chi connectivity index (χ0) is 9.54. The third kappa shape index (κ3) is 1.17. The molecule has 0 amide bonds. The van der Waals surface area contributed by atoms with Crippen LogP contribution >= 0.6 is 11.8 Å². The summed E-state index contributed by atoms with van der Waals surface area (Å²) in [6.45, 7) is 0.934. The van der Waals surface area contributed by atoms with E-state index in [4.69, 9.17) is 0 Å². The van der Waals surface area contributed by atoms with Crippen molar-refractivity contribution < 1.29 is 4.39 Å². The number of anilines is 2. The van der Waals surface area contributed by atoms with Crippen LogP contribution in [0.5, 0.6) is 0 Å². The summed E-state index contributed by atoms with van der Waals surface area (Å²) in [5.74, 6) is 2.04. The number of benzene rings is 1. The largest absolute Gasteiger partial charge is 0.381 e. The van der Waals surface area contributed by atoms with Gasteiger partial charge in [0.25, 0.3) is 0 Å². The Labute approximate surface area is 86.5 Å². The zero-order valence-electron chi connectivity index (χ0n) is 7.66. The first-order chi connectivity index (χ1) is 6.84. The summed E-state index contributed by atoms with van der Waals surface area (Å²) in [5.41, 5.74) is 2.08. The maximum Gasteiger partial charge on any atom is 0.125 e. The van der Waals surface area contributed by atoms with Gasteiger partial charge in [-0.05, 0) is 18.2 Å². The summed E-state index contributed by atoms with van der Waals surface area (Å²) >= 11 is 1.94. The Morgan fingerprint density at radius 1 is 1.50 bits per heavy atom. The maximum absolute atomic E-state index is 13.0. The van der Waals surface area contributed by atoms with Gasteiger partial charge in [0, 0.05) is 12.3 Å². The van der Waals surface area contributed by atoms with Gasteiger partial charge in [-0.1, -0.05) is 0 Å². The Bertz CT molecular complexity index is 369. The second kappa shape index (κ2) is 3.05. The molecule has 0 bridgehead atoms. The third-order valence-corrected chi connectivity index (χ3v) is 3.86. The van der Waals surface area contributed by atoms with Gasteiger partial charge in [0.05, 0.1) is 23.3 Å². The first kappa shape index (κ1) is 8.41. The molecule has 0 aliphatic carbocycles. The molecule has 3 rings (SSSR count). The zero-order valence-corrected chi connectivity index (χ0v) is 8.48. The molecule has 1 atom stereocenters. The molecule has 2 aliphatic rings. The van der Waals surface area contributed by atoms with Gasteiger partial charge in [-0.25, -0.2) is 4.39 Å². The van der Waals surface area contributed by atoms with Gasteiger partial charge in [-0.3, -0.25) is 0 Å². The van der Waals surface area contributed by atoms with Crippen molar-refractivity contribution in [1.82, 2.24) is 0 Å². The summed E-state index contributed by atoms with van der Waals surface area (Å²) in [6.07, 6.45) is 0. The minimum absolute atomic E-state index is 0.165. The smallest absolute Gasteiger partial charge is 0.125 e. The maximum atomic E-state index is 13.0. The predicted molar refractivity (Wildman–Crippen MR) is 58.5 cm³/mol. The lowest BCUT2D eigenvalue weighted by molar-refractivity contribution is 0.625. The Morgan fingerprint density at radius 2 is 2.43 bits per heavy atom. The van der Waals surface area contributed by atoms with Crippen molar-refractivity contribution in [3.63, 3.8) is 0 Å². The van der Waals surface area contributed by atoms with Crippen LogP contribution in [-0.2, 0) is 0 Å². The highest BCUT2D eigenvalue weighted by Gasteiger charge is 2.30. The number of hydrogen-bond acceptors (Lipinski definition) is 3. The highest BCUT2D eigenvalue weighted by molar-refractivity contribution is 7.99. The molecule has 1 aromatic carbocycles. The van der Waals surface area contributed by atoms with Gasteiger partial charge in [0.15, 0.2) is 0 Å². The molecule has 1 aromatic rings. The number of nitrogens with one attached hydrogen (secondary N) is 1. The van der Waals surface area contributed by atoms with E-state index in [-0.39, 0.29) is 5.82 Å². The highest BCUT2D eigenvalue weighted by Crippen LogP contribution is 2.37. The van der Waals surface area contributed by atoms with E-state index < -0.39 is 0 Å². The summed E-state index contributed by atoms with van der Waals surface area (Å²) in [4.78, 5) is 2.36. The third-order valence-electron chi connectivity index (χ3n) is 2.78. The Morgan fingerprint density at radius 3 is 3.36 bits per heavy atom. The topological polar surface area (TPSA) is 15.3 Å². The van der Waals surface area contributed by atoms with Crippen molar-refractivity contribution in [3.8, 4) is 0 Å². The average molecular weight is 210 g/mol. The number of rotatable bonds is 0. The number of thioether (sulfide) groups is 1. The Kier molecular flexibility index (Phi) is 1.83. The second-order valence-electron chi connectivity index (χ2n) is 3.67. The predicted octanol–water partition coefficient (Wildman–Crippen LogP) is 2.13. The van der Waals surface area contributed by atoms with Crippen molar-refractivity contribution in [2.75, 3.05) is 28.4 Å². The SMILES string of the molecule is Fc1ccc2c(c1)NC[C@H]1CSCN21. The van der Waals surface area contributed by atoms with Crippen molar-refractivity contribution in [3.05, 3.63) is 24.0 Å². The molecule has 14 heavy (non-hydrogen) atoms. The van der Waals surface area contributed by atoms with Crippen LogP contribution in [0.1, 0.15) is 0 Å². The fraction of sp³-hybridized carbons (Fsp3) is 0.400. The van der Waals surface area contributed by atoms with Crippen molar-refractivity contribution in [1.29, 1.82) is 0 Å². The quantitative estimate of drug-likeness (QED) is 0.706. The van der Waals surface area contributed by atoms with Crippen molar-refractivity contribution >= 4 is 23.1 Å². The first-order valence-corrected chi connectivity index (χ1v) is 5.88. The highest BCUT2D eigenvalue weighted by atomic mass is 32.2. The van der Waals surface area contributed by atoms with Gasteiger partial charge in [-0.2, -0.15) is 0 Å². The number of halogens is 1. The monoisotopic (exact) mass is 210 g/mol. The molecule has 4 heteroatoms. The van der Waals surface area contributed by atoms with E-state index in [1.165, 1.54) is 11.8 Å². The van der Waals surface area contributed by atoms with Crippen LogP contribution in [-0.4, -0.2) is 24.2 Å². The van der Waals surface area contributed by atoms with Gasteiger partial charge in [-0.15, -0.1) is 11.8 Å². The second-order valence-corrected chi connectivity index (χ2v) is 4.67. The molecule has 0 aromatic heterocycles. The fourth-order valence-corrected chi connectivity index (χ4v) is 3.27. The molecule has 0 radical (unpaired) electrons. The lowest BCUT2D eigenvalue weighted by Crippen LogP contribution is -2.40. The number of hydrogen-bond donors (Lipinski definition) is 1. The number of fused-ring (bicyclic) bond motifs is 3. The molecule has 2 nitrogen and oxygen atoms in total. The summed E-state index contributed by atoms with van der Waals surface area (Å²) in [7, 11) is 0. The van der Waals surface area contributed by atoms with Crippen LogP contribution in [0.4, 0.5) is 15.8 Å².